The third kappa shape index (κ3) is 7.28. The van der Waals surface area contributed by atoms with Crippen molar-refractivity contribution in [1.82, 2.24) is 0 Å². The first-order valence-corrected chi connectivity index (χ1v) is 14.8. The normalized spacial score (nSPS) is 13.8. The van der Waals surface area contributed by atoms with E-state index in [9.17, 15) is 5.53 Å². The monoisotopic (exact) mass is 484 g/mol. The van der Waals surface area contributed by atoms with Crippen LogP contribution in [0.25, 0.3) is 16.9 Å². The molecule has 2 heteroatoms. The summed E-state index contributed by atoms with van der Waals surface area (Å²) in [7, 11) is 0. The van der Waals surface area contributed by atoms with Gasteiger partial charge in [0.25, 0.3) is 0 Å². The topological polar surface area (TPSA) is 25.3 Å². The first-order valence-electron chi connectivity index (χ1n) is 14.8. The molecule has 1 heterocycles. The smallest absolute Gasteiger partial charge is 0.211 e. The van der Waals surface area contributed by atoms with Crippen LogP contribution in [-0.2, 0) is 12.8 Å². The Morgan fingerprint density at radius 1 is 0.472 bits per heavy atom. The van der Waals surface area contributed by atoms with Crippen LogP contribution < -0.4 is 0 Å². The molecule has 0 saturated carbocycles. The van der Waals surface area contributed by atoms with Crippen molar-refractivity contribution in [3.63, 3.8) is 0 Å². The second-order valence-electron chi connectivity index (χ2n) is 10.5. The number of hydrogen-bond donors (Lipinski definition) is 0. The predicted octanol–water partition coefficient (Wildman–Crippen LogP) is 10.7. The van der Waals surface area contributed by atoms with Crippen LogP contribution in [0.4, 0.5) is 0 Å². The first kappa shape index (κ1) is 28.1. The van der Waals surface area contributed by atoms with Gasteiger partial charge in [0.1, 0.15) is 0 Å². The molecule has 1 aliphatic heterocycles. The van der Waals surface area contributed by atoms with Gasteiger partial charge < -0.3 is 5.53 Å². The summed E-state index contributed by atoms with van der Waals surface area (Å²) in [4.78, 5) is 0. The molecule has 1 aliphatic rings. The lowest BCUT2D eigenvalue weighted by Gasteiger charge is -2.11. The highest BCUT2D eigenvalue weighted by Crippen LogP contribution is 2.44. The fourth-order valence-corrected chi connectivity index (χ4v) is 5.29. The zero-order valence-corrected chi connectivity index (χ0v) is 23.4. The Kier molecular flexibility index (Phi) is 11.7. The average molecular weight is 485 g/mol. The van der Waals surface area contributed by atoms with Crippen LogP contribution in [-0.4, -0.2) is 4.70 Å². The van der Waals surface area contributed by atoms with Crippen LogP contribution in [0.3, 0.4) is 0 Å². The Labute approximate surface area is 221 Å². The number of allylic oxidation sites excluding steroid dienone is 2. The molecule has 0 amide bonds. The molecule has 0 bridgehead atoms. The van der Waals surface area contributed by atoms with Crippen molar-refractivity contribution in [3.8, 4) is 0 Å². The molecule has 0 saturated heterocycles. The molecule has 194 valence electrons. The van der Waals surface area contributed by atoms with E-state index < -0.39 is 0 Å². The summed E-state index contributed by atoms with van der Waals surface area (Å²) in [6, 6.07) is 17.9. The van der Waals surface area contributed by atoms with Gasteiger partial charge in [-0.25, -0.2) is 4.70 Å². The molecule has 0 unspecified atom stereocenters. The van der Waals surface area contributed by atoms with Crippen molar-refractivity contribution in [3.05, 3.63) is 87.5 Å². The first-order chi connectivity index (χ1) is 17.6. The number of unbranched alkanes of at least 4 members (excludes halogenated alkanes) is 6. The van der Waals surface area contributed by atoms with Crippen LogP contribution in [0.15, 0.2) is 59.7 Å². The quantitative estimate of drug-likeness (QED) is 0.167. The fraction of sp³-hybridized carbons (Fsp3) is 0.529. The number of nitrogens with zero attached hydrogens (tertiary/aromatic N) is 2. The summed E-state index contributed by atoms with van der Waals surface area (Å²) in [6.45, 7) is 9.01. The van der Waals surface area contributed by atoms with E-state index in [1.54, 1.807) is 0 Å². The summed E-state index contributed by atoms with van der Waals surface area (Å²) in [6.07, 6.45) is 16.4. The van der Waals surface area contributed by atoms with E-state index in [0.29, 0.717) is 0 Å². The summed E-state index contributed by atoms with van der Waals surface area (Å²) in [5.41, 5.74) is 21.5. The van der Waals surface area contributed by atoms with Gasteiger partial charge >= 0.3 is 0 Å². The lowest BCUT2D eigenvalue weighted by atomic mass is 9.91. The Hall–Kier alpha value is -2.48. The van der Waals surface area contributed by atoms with E-state index in [1.165, 1.54) is 78.3 Å². The minimum Gasteiger partial charge on any atom is -0.493 e. The molecule has 0 atom stereocenters. The minimum atomic E-state index is 1.00. The van der Waals surface area contributed by atoms with Gasteiger partial charge in [-0.2, -0.15) is 0 Å². The summed E-state index contributed by atoms with van der Waals surface area (Å²) >= 11 is 0. The van der Waals surface area contributed by atoms with Gasteiger partial charge in [-0.15, -0.1) is 0 Å². The van der Waals surface area contributed by atoms with Gasteiger partial charge in [0.2, 0.25) is 11.4 Å². The van der Waals surface area contributed by atoms with Crippen molar-refractivity contribution in [2.75, 3.05) is 0 Å². The molecule has 2 aromatic rings. The molecule has 2 aromatic carbocycles. The molecule has 3 rings (SSSR count). The molecule has 0 spiro atoms. The van der Waals surface area contributed by atoms with Gasteiger partial charge in [-0.1, -0.05) is 90.5 Å². The molecule has 0 fully saturated rings. The Morgan fingerprint density at radius 2 is 0.861 bits per heavy atom. The number of rotatable bonds is 16. The highest BCUT2D eigenvalue weighted by atomic mass is 15.2. The third-order valence-corrected chi connectivity index (χ3v) is 7.51. The molecular weight excluding hydrogens is 436 g/mol. The third-order valence-electron chi connectivity index (χ3n) is 7.51. The maximum atomic E-state index is 11.7. The number of aryl methyl sites for hydroxylation is 2. The summed E-state index contributed by atoms with van der Waals surface area (Å²) in [5, 5.41) is 0. The maximum absolute atomic E-state index is 11.7. The second-order valence-corrected chi connectivity index (χ2v) is 10.5. The van der Waals surface area contributed by atoms with Crippen molar-refractivity contribution in [2.24, 2.45) is 0 Å². The lowest BCUT2D eigenvalue weighted by molar-refractivity contribution is -0.345. The van der Waals surface area contributed by atoms with Crippen molar-refractivity contribution < 1.29 is 4.70 Å². The fourth-order valence-electron chi connectivity index (χ4n) is 5.29. The lowest BCUT2D eigenvalue weighted by Crippen LogP contribution is -2.03. The van der Waals surface area contributed by atoms with Crippen LogP contribution in [0.2, 0.25) is 0 Å². The Morgan fingerprint density at radius 3 is 1.28 bits per heavy atom. The van der Waals surface area contributed by atoms with Gasteiger partial charge in [0, 0.05) is 22.3 Å². The summed E-state index contributed by atoms with van der Waals surface area (Å²) in [5.74, 6) is 0. The van der Waals surface area contributed by atoms with Gasteiger partial charge in [-0.05, 0) is 86.8 Å². The van der Waals surface area contributed by atoms with Gasteiger partial charge in [0.05, 0.1) is 0 Å². The molecule has 0 aromatic heterocycles. The van der Waals surface area contributed by atoms with E-state index in [1.807, 2.05) is 0 Å². The SMILES string of the molecule is CCCCCCC1=C(c2ccc(CCCC)cc2)[N+](=[N-])C(c2ccc(CCCC)cc2)=C1CCCC. The molecular formula is C34H48N2. The average Bonchev–Trinajstić information content (AvgIpc) is 3.18. The van der Waals surface area contributed by atoms with Crippen molar-refractivity contribution in [2.45, 2.75) is 118 Å². The van der Waals surface area contributed by atoms with Crippen LogP contribution >= 0.6 is 0 Å². The zero-order chi connectivity index (χ0) is 25.8. The maximum Gasteiger partial charge on any atom is 0.211 e. The van der Waals surface area contributed by atoms with Crippen LogP contribution in [0.5, 0.6) is 0 Å². The van der Waals surface area contributed by atoms with Gasteiger partial charge in [0.15, 0.2) is 0 Å². The Balaban J connectivity index is 2.01. The number of benzene rings is 2. The predicted molar refractivity (Wildman–Crippen MR) is 156 cm³/mol. The molecule has 0 radical (unpaired) electrons. The molecule has 36 heavy (non-hydrogen) atoms. The van der Waals surface area contributed by atoms with Crippen LogP contribution in [0, 0.1) is 0 Å². The van der Waals surface area contributed by atoms with E-state index >= 15 is 0 Å². The van der Waals surface area contributed by atoms with E-state index in [4.69, 9.17) is 0 Å². The highest BCUT2D eigenvalue weighted by Gasteiger charge is 2.35. The zero-order valence-electron chi connectivity index (χ0n) is 23.4. The molecule has 2 nitrogen and oxygen atoms in total. The Bertz CT molecular complexity index is 1020. The van der Waals surface area contributed by atoms with Crippen LogP contribution in [0.1, 0.15) is 127 Å². The second kappa shape index (κ2) is 14.9. The summed E-state index contributed by atoms with van der Waals surface area (Å²) < 4.78 is 1.53. The number of hydrogen-bond acceptors (Lipinski definition) is 0. The largest absolute Gasteiger partial charge is 0.493 e. The van der Waals surface area contributed by atoms with E-state index in [2.05, 4.69) is 76.2 Å². The standard InChI is InChI=1S/C34H48N2/c1-5-9-13-14-18-32-31(17-12-8-4)33(29-23-19-27(20-24-29)15-10-6-2)36(35)34(32)30-25-21-28(22-26-30)16-11-7-3/h19-26H,5-18H2,1-4H3. The highest BCUT2D eigenvalue weighted by molar-refractivity contribution is 5.82. The molecule has 0 aliphatic carbocycles. The van der Waals surface area contributed by atoms with Crippen molar-refractivity contribution in [1.29, 1.82) is 0 Å². The molecule has 0 N–H and O–H groups in total. The minimum absolute atomic E-state index is 1.00. The van der Waals surface area contributed by atoms with E-state index in [0.717, 1.165) is 61.0 Å². The van der Waals surface area contributed by atoms with Gasteiger partial charge in [-0.3, -0.25) is 0 Å². The van der Waals surface area contributed by atoms with Crippen molar-refractivity contribution >= 4 is 11.4 Å². The van der Waals surface area contributed by atoms with E-state index in [-0.39, 0.29) is 0 Å².